The van der Waals surface area contributed by atoms with Crippen molar-refractivity contribution in [2.45, 2.75) is 77.0 Å². The Morgan fingerprint density at radius 1 is 1.04 bits per heavy atom. The first-order chi connectivity index (χ1) is 13.7. The number of rotatable bonds is 9. The quantitative estimate of drug-likeness (QED) is 0.697. The van der Waals surface area contributed by atoms with Crippen molar-refractivity contribution in [3.63, 3.8) is 0 Å². The number of hydrogen-bond acceptors (Lipinski definition) is 4. The molecule has 1 N–H and O–H groups in total. The first-order valence-corrected chi connectivity index (χ1v) is 11.1. The van der Waals surface area contributed by atoms with Crippen LogP contribution in [0.1, 0.15) is 63.9 Å². The van der Waals surface area contributed by atoms with Crippen molar-refractivity contribution in [1.82, 2.24) is 10.2 Å². The monoisotopic (exact) mass is 388 g/mol. The molecule has 0 spiro atoms. The first kappa shape index (κ1) is 21.1. The summed E-state index contributed by atoms with van der Waals surface area (Å²) in [4.78, 5) is 14.5. The Kier molecular flexibility index (Phi) is 8.62. The van der Waals surface area contributed by atoms with Gasteiger partial charge < -0.3 is 14.8 Å². The molecule has 3 rings (SSSR count). The van der Waals surface area contributed by atoms with E-state index >= 15 is 0 Å². The molecule has 1 saturated heterocycles. The van der Waals surface area contributed by atoms with Gasteiger partial charge in [-0.05, 0) is 49.8 Å². The Labute approximate surface area is 169 Å². The van der Waals surface area contributed by atoms with Crippen LogP contribution in [0.5, 0.6) is 5.75 Å². The number of benzene rings is 1. The topological polar surface area (TPSA) is 50.8 Å². The maximum absolute atomic E-state index is 12.3. The lowest BCUT2D eigenvalue weighted by Crippen LogP contribution is -2.43. The SMILES string of the molecule is CCCOc1ccc(CNC(=O)CN2CCC(OC3CCCCC3)CC2)cc1. The molecular formula is C23H36N2O3. The molecule has 1 heterocycles. The molecule has 1 saturated carbocycles. The van der Waals surface area contributed by atoms with Gasteiger partial charge in [0, 0.05) is 19.6 Å². The lowest BCUT2D eigenvalue weighted by atomic mass is 9.97. The zero-order chi connectivity index (χ0) is 19.6. The number of nitrogens with zero attached hydrogens (tertiary/aromatic N) is 1. The number of carbonyl (C=O) groups is 1. The fourth-order valence-electron chi connectivity index (χ4n) is 4.06. The van der Waals surface area contributed by atoms with E-state index in [2.05, 4.69) is 17.1 Å². The van der Waals surface area contributed by atoms with Crippen LogP contribution in [0.4, 0.5) is 0 Å². The van der Waals surface area contributed by atoms with Crippen molar-refractivity contribution in [3.05, 3.63) is 29.8 Å². The first-order valence-electron chi connectivity index (χ1n) is 11.1. The number of likely N-dealkylation sites (tertiary alicyclic amines) is 1. The second-order valence-electron chi connectivity index (χ2n) is 8.14. The van der Waals surface area contributed by atoms with Crippen LogP contribution in [-0.4, -0.2) is 49.3 Å². The van der Waals surface area contributed by atoms with Crippen molar-refractivity contribution < 1.29 is 14.3 Å². The van der Waals surface area contributed by atoms with Gasteiger partial charge >= 0.3 is 0 Å². The van der Waals surface area contributed by atoms with Crippen molar-refractivity contribution in [3.8, 4) is 5.75 Å². The van der Waals surface area contributed by atoms with Crippen molar-refractivity contribution in [2.75, 3.05) is 26.2 Å². The summed E-state index contributed by atoms with van der Waals surface area (Å²) in [6.07, 6.45) is 10.4. The summed E-state index contributed by atoms with van der Waals surface area (Å²) in [5, 5.41) is 3.03. The van der Waals surface area contributed by atoms with E-state index in [0.717, 1.165) is 50.3 Å². The summed E-state index contributed by atoms with van der Waals surface area (Å²) < 4.78 is 11.9. The highest BCUT2D eigenvalue weighted by atomic mass is 16.5. The Morgan fingerprint density at radius 2 is 1.71 bits per heavy atom. The second kappa shape index (κ2) is 11.4. The summed E-state index contributed by atoms with van der Waals surface area (Å²) in [6, 6.07) is 7.96. The average Bonchev–Trinajstić information content (AvgIpc) is 2.74. The summed E-state index contributed by atoms with van der Waals surface area (Å²) in [5.74, 6) is 0.980. The predicted octanol–water partition coefficient (Wildman–Crippen LogP) is 3.91. The highest BCUT2D eigenvalue weighted by molar-refractivity contribution is 5.78. The molecule has 0 bridgehead atoms. The summed E-state index contributed by atoms with van der Waals surface area (Å²) in [7, 11) is 0. The summed E-state index contributed by atoms with van der Waals surface area (Å²) in [5.41, 5.74) is 1.09. The lowest BCUT2D eigenvalue weighted by molar-refractivity contribution is -0.123. The molecule has 2 aliphatic rings. The van der Waals surface area contributed by atoms with Crippen LogP contribution >= 0.6 is 0 Å². The Hall–Kier alpha value is -1.59. The molecule has 1 amide bonds. The molecule has 5 nitrogen and oxygen atoms in total. The minimum atomic E-state index is 0.0953. The van der Waals surface area contributed by atoms with E-state index in [1.54, 1.807) is 0 Å². The minimum absolute atomic E-state index is 0.0953. The minimum Gasteiger partial charge on any atom is -0.494 e. The number of ether oxygens (including phenoxy) is 2. The molecule has 1 aromatic rings. The normalized spacial score (nSPS) is 19.5. The number of piperidine rings is 1. The van der Waals surface area contributed by atoms with Crippen LogP contribution in [-0.2, 0) is 16.1 Å². The lowest BCUT2D eigenvalue weighted by Gasteiger charge is -2.34. The Balaban J connectivity index is 1.31. The van der Waals surface area contributed by atoms with Gasteiger partial charge in [-0.15, -0.1) is 0 Å². The molecule has 5 heteroatoms. The molecule has 0 aromatic heterocycles. The van der Waals surface area contributed by atoms with Gasteiger partial charge in [-0.25, -0.2) is 0 Å². The van der Waals surface area contributed by atoms with Gasteiger partial charge in [0.15, 0.2) is 0 Å². The van der Waals surface area contributed by atoms with Crippen LogP contribution in [0.3, 0.4) is 0 Å². The Bertz CT molecular complexity index is 576. The van der Waals surface area contributed by atoms with E-state index in [4.69, 9.17) is 9.47 Å². The Morgan fingerprint density at radius 3 is 2.39 bits per heavy atom. The standard InChI is InChI=1S/C23H36N2O3/c1-2-16-27-20-10-8-19(9-11-20)17-24-23(26)18-25-14-12-22(13-15-25)28-21-6-4-3-5-7-21/h8-11,21-22H,2-7,12-18H2,1H3,(H,24,26). The van der Waals surface area contributed by atoms with Gasteiger partial charge in [-0.1, -0.05) is 38.3 Å². The van der Waals surface area contributed by atoms with Crippen LogP contribution < -0.4 is 10.1 Å². The fraction of sp³-hybridized carbons (Fsp3) is 0.696. The maximum atomic E-state index is 12.3. The van der Waals surface area contributed by atoms with E-state index < -0.39 is 0 Å². The smallest absolute Gasteiger partial charge is 0.234 e. The molecule has 1 aliphatic heterocycles. The van der Waals surface area contributed by atoms with Gasteiger partial charge in [0.2, 0.25) is 5.91 Å². The van der Waals surface area contributed by atoms with E-state index in [1.807, 2.05) is 24.3 Å². The zero-order valence-corrected chi connectivity index (χ0v) is 17.3. The van der Waals surface area contributed by atoms with Crippen LogP contribution in [0.25, 0.3) is 0 Å². The average molecular weight is 389 g/mol. The third-order valence-corrected chi connectivity index (χ3v) is 5.72. The third kappa shape index (κ3) is 7.10. The molecule has 1 aliphatic carbocycles. The highest BCUT2D eigenvalue weighted by Crippen LogP contribution is 2.24. The molecule has 0 radical (unpaired) electrons. The number of hydrogen-bond donors (Lipinski definition) is 1. The summed E-state index contributed by atoms with van der Waals surface area (Å²) >= 11 is 0. The van der Waals surface area contributed by atoms with E-state index in [1.165, 1.54) is 32.1 Å². The second-order valence-corrected chi connectivity index (χ2v) is 8.14. The third-order valence-electron chi connectivity index (χ3n) is 5.72. The molecule has 0 atom stereocenters. The van der Waals surface area contributed by atoms with E-state index in [-0.39, 0.29) is 5.91 Å². The summed E-state index contributed by atoms with van der Waals surface area (Å²) in [6.45, 7) is 5.78. The van der Waals surface area contributed by atoms with Gasteiger partial charge in [0.05, 0.1) is 25.4 Å². The molecular weight excluding hydrogens is 352 g/mol. The van der Waals surface area contributed by atoms with Gasteiger partial charge in [-0.3, -0.25) is 9.69 Å². The van der Waals surface area contributed by atoms with Crippen LogP contribution in [0.15, 0.2) is 24.3 Å². The molecule has 156 valence electrons. The van der Waals surface area contributed by atoms with Crippen LogP contribution in [0.2, 0.25) is 0 Å². The fourth-order valence-corrected chi connectivity index (χ4v) is 4.06. The number of amides is 1. The van der Waals surface area contributed by atoms with Gasteiger partial charge in [0.25, 0.3) is 0 Å². The highest BCUT2D eigenvalue weighted by Gasteiger charge is 2.24. The molecule has 28 heavy (non-hydrogen) atoms. The molecule has 0 unspecified atom stereocenters. The molecule has 1 aromatic carbocycles. The van der Waals surface area contributed by atoms with Crippen molar-refractivity contribution >= 4 is 5.91 Å². The number of carbonyl (C=O) groups excluding carboxylic acids is 1. The largest absolute Gasteiger partial charge is 0.494 e. The maximum Gasteiger partial charge on any atom is 0.234 e. The van der Waals surface area contributed by atoms with Gasteiger partial charge in [-0.2, -0.15) is 0 Å². The van der Waals surface area contributed by atoms with E-state index in [0.29, 0.717) is 25.3 Å². The van der Waals surface area contributed by atoms with Crippen molar-refractivity contribution in [2.24, 2.45) is 0 Å². The predicted molar refractivity (Wildman–Crippen MR) is 111 cm³/mol. The van der Waals surface area contributed by atoms with E-state index in [9.17, 15) is 4.79 Å². The van der Waals surface area contributed by atoms with Crippen molar-refractivity contribution in [1.29, 1.82) is 0 Å². The zero-order valence-electron chi connectivity index (χ0n) is 17.3. The van der Waals surface area contributed by atoms with Crippen LogP contribution in [0, 0.1) is 0 Å². The number of nitrogens with one attached hydrogen (secondary N) is 1. The molecule has 2 fully saturated rings. The van der Waals surface area contributed by atoms with Gasteiger partial charge in [0.1, 0.15) is 5.75 Å².